The fraction of sp³-hybridized carbons (Fsp3) is 0.667. The van der Waals surface area contributed by atoms with Gasteiger partial charge >= 0.3 is 0 Å². The average molecular weight is 288 g/mol. The van der Waals surface area contributed by atoms with E-state index in [0.29, 0.717) is 18.0 Å². The van der Waals surface area contributed by atoms with E-state index < -0.39 is 10.0 Å². The van der Waals surface area contributed by atoms with Gasteiger partial charge in [-0.05, 0) is 33.8 Å². The molecule has 6 heteroatoms. The maximum absolute atomic E-state index is 12.7. The van der Waals surface area contributed by atoms with Crippen molar-refractivity contribution >= 4 is 21.4 Å². The Bertz CT molecular complexity index is 536. The molecule has 0 amide bonds. The summed E-state index contributed by atoms with van der Waals surface area (Å²) >= 11 is 1.54. The van der Waals surface area contributed by atoms with Crippen molar-refractivity contribution in [1.29, 1.82) is 0 Å². The van der Waals surface area contributed by atoms with Crippen LogP contribution in [0.15, 0.2) is 11.0 Å². The van der Waals surface area contributed by atoms with Crippen molar-refractivity contribution in [2.45, 2.75) is 44.7 Å². The second-order valence-corrected chi connectivity index (χ2v) is 8.33. The Morgan fingerprint density at radius 3 is 2.61 bits per heavy atom. The van der Waals surface area contributed by atoms with Crippen LogP contribution in [0.3, 0.4) is 0 Å². The van der Waals surface area contributed by atoms with Gasteiger partial charge in [0.15, 0.2) is 0 Å². The molecule has 18 heavy (non-hydrogen) atoms. The van der Waals surface area contributed by atoms with E-state index in [1.807, 2.05) is 27.7 Å². The Kier molecular flexibility index (Phi) is 3.82. The summed E-state index contributed by atoms with van der Waals surface area (Å²) in [6, 6.07) is 2.00. The molecule has 102 valence electrons. The number of thiophene rings is 1. The number of hydrogen-bond acceptors (Lipinski definition) is 4. The van der Waals surface area contributed by atoms with Crippen LogP contribution < -0.4 is 5.32 Å². The molecule has 1 aromatic heterocycles. The number of aryl methyl sites for hydroxylation is 2. The van der Waals surface area contributed by atoms with E-state index in [-0.39, 0.29) is 12.1 Å². The van der Waals surface area contributed by atoms with Crippen molar-refractivity contribution in [3.05, 3.63) is 15.8 Å². The van der Waals surface area contributed by atoms with E-state index in [4.69, 9.17) is 0 Å². The maximum atomic E-state index is 12.7. The lowest BCUT2D eigenvalue weighted by Gasteiger charge is -2.36. The predicted molar refractivity (Wildman–Crippen MR) is 74.6 cm³/mol. The molecule has 2 atom stereocenters. The van der Waals surface area contributed by atoms with Crippen LogP contribution in [0, 0.1) is 13.8 Å². The maximum Gasteiger partial charge on any atom is 0.244 e. The minimum Gasteiger partial charge on any atom is -0.311 e. The number of piperazine rings is 1. The fourth-order valence-electron chi connectivity index (χ4n) is 2.31. The van der Waals surface area contributed by atoms with Gasteiger partial charge in [-0.2, -0.15) is 4.31 Å². The summed E-state index contributed by atoms with van der Waals surface area (Å²) in [7, 11) is -3.35. The zero-order chi connectivity index (χ0) is 13.5. The third-order valence-corrected chi connectivity index (χ3v) is 6.49. The van der Waals surface area contributed by atoms with Gasteiger partial charge in [0.05, 0.1) is 4.90 Å². The van der Waals surface area contributed by atoms with Crippen LogP contribution in [0.5, 0.6) is 0 Å². The first kappa shape index (κ1) is 14.0. The zero-order valence-corrected chi connectivity index (χ0v) is 12.9. The second kappa shape index (κ2) is 4.92. The molecular formula is C12H20N2O2S2. The molecule has 0 aromatic carbocycles. The third-order valence-electron chi connectivity index (χ3n) is 3.29. The number of hydrogen-bond donors (Lipinski definition) is 1. The van der Waals surface area contributed by atoms with Crippen molar-refractivity contribution in [3.63, 3.8) is 0 Å². The van der Waals surface area contributed by atoms with Gasteiger partial charge in [-0.1, -0.05) is 0 Å². The predicted octanol–water partition coefficient (Wildman–Crippen LogP) is 1.74. The van der Waals surface area contributed by atoms with E-state index in [2.05, 4.69) is 5.32 Å². The van der Waals surface area contributed by atoms with Gasteiger partial charge in [-0.15, -0.1) is 11.3 Å². The fourth-order valence-corrected chi connectivity index (χ4v) is 5.56. The van der Waals surface area contributed by atoms with E-state index in [0.717, 1.165) is 9.75 Å². The lowest BCUT2D eigenvalue weighted by Crippen LogP contribution is -2.56. The monoisotopic (exact) mass is 288 g/mol. The van der Waals surface area contributed by atoms with Gasteiger partial charge < -0.3 is 5.32 Å². The minimum absolute atomic E-state index is 0.00538. The standard InChI is InChI=1S/C12H20N2O2S2/c1-8-7-14(9(2)6-13-8)18(15,16)12-5-10(3)17-11(12)4/h5,8-9,13H,6-7H2,1-4H3. The van der Waals surface area contributed by atoms with Gasteiger partial charge in [0.1, 0.15) is 0 Å². The number of sulfonamides is 1. The molecule has 1 N–H and O–H groups in total. The van der Waals surface area contributed by atoms with Crippen LogP contribution in [0.25, 0.3) is 0 Å². The largest absolute Gasteiger partial charge is 0.311 e. The highest BCUT2D eigenvalue weighted by Gasteiger charge is 2.34. The summed E-state index contributed by atoms with van der Waals surface area (Å²) in [6.45, 7) is 9.03. The SMILES string of the molecule is Cc1cc(S(=O)(=O)N2CC(C)NCC2C)c(C)s1. The smallest absolute Gasteiger partial charge is 0.244 e. The highest BCUT2D eigenvalue weighted by atomic mass is 32.2. The number of nitrogens with one attached hydrogen (secondary N) is 1. The first-order chi connectivity index (χ1) is 8.32. The third kappa shape index (κ3) is 2.47. The summed E-state index contributed by atoms with van der Waals surface area (Å²) in [5.74, 6) is 0. The second-order valence-electron chi connectivity index (χ2n) is 5.01. The lowest BCUT2D eigenvalue weighted by atomic mass is 10.2. The first-order valence-electron chi connectivity index (χ1n) is 6.14. The molecule has 2 rings (SSSR count). The molecule has 1 aromatic rings. The lowest BCUT2D eigenvalue weighted by molar-refractivity contribution is 0.244. The average Bonchev–Trinajstić information content (AvgIpc) is 2.62. The molecule has 2 unspecified atom stereocenters. The van der Waals surface area contributed by atoms with Crippen molar-refractivity contribution in [1.82, 2.24) is 9.62 Å². The van der Waals surface area contributed by atoms with Crippen molar-refractivity contribution in [3.8, 4) is 0 Å². The van der Waals surface area contributed by atoms with Gasteiger partial charge in [-0.25, -0.2) is 8.42 Å². The van der Waals surface area contributed by atoms with E-state index in [9.17, 15) is 8.42 Å². The molecule has 1 fully saturated rings. The van der Waals surface area contributed by atoms with Crippen LogP contribution in [0.2, 0.25) is 0 Å². The highest BCUT2D eigenvalue weighted by molar-refractivity contribution is 7.89. The molecule has 2 heterocycles. The van der Waals surface area contributed by atoms with E-state index >= 15 is 0 Å². The van der Waals surface area contributed by atoms with Crippen LogP contribution in [-0.2, 0) is 10.0 Å². The van der Waals surface area contributed by atoms with Crippen LogP contribution >= 0.6 is 11.3 Å². The summed E-state index contributed by atoms with van der Waals surface area (Å²) < 4.78 is 27.0. The molecular weight excluding hydrogens is 268 g/mol. The van der Waals surface area contributed by atoms with Gasteiger partial charge in [0.25, 0.3) is 0 Å². The summed E-state index contributed by atoms with van der Waals surface area (Å²) in [6.07, 6.45) is 0. The van der Waals surface area contributed by atoms with Gasteiger partial charge in [-0.3, -0.25) is 0 Å². The van der Waals surface area contributed by atoms with Crippen molar-refractivity contribution < 1.29 is 8.42 Å². The molecule has 0 aliphatic carbocycles. The Balaban J connectivity index is 2.38. The molecule has 0 bridgehead atoms. The molecule has 0 radical (unpaired) electrons. The molecule has 1 aliphatic heterocycles. The van der Waals surface area contributed by atoms with Crippen LogP contribution in [-0.4, -0.2) is 37.9 Å². The summed E-state index contributed by atoms with van der Waals surface area (Å²) in [5.41, 5.74) is 0. The Morgan fingerprint density at radius 1 is 1.39 bits per heavy atom. The Hall–Kier alpha value is -0.430. The zero-order valence-electron chi connectivity index (χ0n) is 11.2. The van der Waals surface area contributed by atoms with Crippen molar-refractivity contribution in [2.75, 3.05) is 13.1 Å². The molecule has 4 nitrogen and oxygen atoms in total. The topological polar surface area (TPSA) is 49.4 Å². The Labute approximate surface area is 113 Å². The quantitative estimate of drug-likeness (QED) is 0.902. The van der Waals surface area contributed by atoms with E-state index in [1.54, 1.807) is 21.7 Å². The number of nitrogens with zero attached hydrogens (tertiary/aromatic N) is 1. The van der Waals surface area contributed by atoms with Crippen LogP contribution in [0.1, 0.15) is 23.6 Å². The minimum atomic E-state index is -3.35. The van der Waals surface area contributed by atoms with E-state index in [1.165, 1.54) is 0 Å². The first-order valence-corrected chi connectivity index (χ1v) is 8.40. The molecule has 0 spiro atoms. The Morgan fingerprint density at radius 2 is 2.06 bits per heavy atom. The molecule has 1 aliphatic rings. The number of rotatable bonds is 2. The van der Waals surface area contributed by atoms with Crippen LogP contribution in [0.4, 0.5) is 0 Å². The summed E-state index contributed by atoms with van der Waals surface area (Å²) in [5, 5.41) is 3.30. The summed E-state index contributed by atoms with van der Waals surface area (Å²) in [4.78, 5) is 2.40. The normalized spacial score (nSPS) is 26.4. The molecule has 0 saturated carbocycles. The van der Waals surface area contributed by atoms with Gasteiger partial charge in [0, 0.05) is 34.9 Å². The molecule has 1 saturated heterocycles. The van der Waals surface area contributed by atoms with Crippen molar-refractivity contribution in [2.24, 2.45) is 0 Å². The van der Waals surface area contributed by atoms with Gasteiger partial charge in [0.2, 0.25) is 10.0 Å². The highest BCUT2D eigenvalue weighted by Crippen LogP contribution is 2.29.